The SMILES string of the molecule is C=C(CN(C(=C)CN1CCC(c2cccc(OCc3ccc(Cl)cc3F)n2)CC1)c1cc([C-]=O)ccc1C)N(C)/C=C\C.[U]. The van der Waals surface area contributed by atoms with Gasteiger partial charge in [0.2, 0.25) is 5.88 Å². The summed E-state index contributed by atoms with van der Waals surface area (Å²) in [4.78, 5) is 22.7. The number of benzene rings is 2. The maximum Gasteiger partial charge on any atom is 0.213 e. The Morgan fingerprint density at radius 1 is 1.16 bits per heavy atom. The minimum atomic E-state index is -0.393. The van der Waals surface area contributed by atoms with Crippen molar-refractivity contribution in [3.8, 4) is 5.88 Å². The third-order valence-corrected chi connectivity index (χ3v) is 7.99. The fourth-order valence-electron chi connectivity index (χ4n) is 5.21. The van der Waals surface area contributed by atoms with Crippen LogP contribution in [0.3, 0.4) is 0 Å². The molecule has 0 radical (unpaired) electrons. The largest absolute Gasteiger partial charge is 0.473 e. The number of carbonyl (C=O) groups excluding carboxylic acids is 1. The van der Waals surface area contributed by atoms with E-state index in [0.29, 0.717) is 41.0 Å². The van der Waals surface area contributed by atoms with Crippen LogP contribution >= 0.6 is 11.6 Å². The molecule has 6 nitrogen and oxygen atoms in total. The Labute approximate surface area is 289 Å². The van der Waals surface area contributed by atoms with E-state index in [4.69, 9.17) is 21.3 Å². The topological polar surface area (TPSA) is 48.9 Å². The molecular weight excluding hydrogens is 801 g/mol. The summed E-state index contributed by atoms with van der Waals surface area (Å²) in [5.41, 5.74) is 5.73. The van der Waals surface area contributed by atoms with E-state index in [1.54, 1.807) is 24.3 Å². The maximum absolute atomic E-state index is 14.2. The quantitative estimate of drug-likeness (QED) is 0.168. The van der Waals surface area contributed by atoms with E-state index in [-0.39, 0.29) is 37.7 Å². The van der Waals surface area contributed by atoms with Gasteiger partial charge in [-0.3, -0.25) is 4.90 Å². The fourth-order valence-corrected chi connectivity index (χ4v) is 5.37. The Balaban J connectivity index is 0.00000529. The van der Waals surface area contributed by atoms with Crippen LogP contribution in [0.1, 0.15) is 48.1 Å². The van der Waals surface area contributed by atoms with E-state index < -0.39 is 5.82 Å². The van der Waals surface area contributed by atoms with Gasteiger partial charge in [0.05, 0.1) is 12.8 Å². The monoisotopic (exact) mass is 839 g/mol. The van der Waals surface area contributed by atoms with Crippen molar-refractivity contribution in [2.75, 3.05) is 38.1 Å². The number of likely N-dealkylation sites (N-methyl/N-ethyl adjacent to an activating group) is 1. The van der Waals surface area contributed by atoms with Gasteiger partial charge in [0.15, 0.2) is 0 Å². The first kappa shape index (κ1) is 35.6. The number of nitrogens with zero attached hydrogens (tertiary/aromatic N) is 4. The van der Waals surface area contributed by atoms with Gasteiger partial charge in [0, 0.05) is 84.4 Å². The molecular formula is C35H39ClFN4O2U-. The fraction of sp³-hybridized carbons (Fsp3) is 0.314. The van der Waals surface area contributed by atoms with Crippen molar-refractivity contribution in [3.05, 3.63) is 125 Å². The van der Waals surface area contributed by atoms with Gasteiger partial charge >= 0.3 is 0 Å². The van der Waals surface area contributed by atoms with Crippen LogP contribution in [0.25, 0.3) is 0 Å². The second kappa shape index (κ2) is 17.0. The molecule has 230 valence electrons. The van der Waals surface area contributed by atoms with E-state index in [9.17, 15) is 9.18 Å². The van der Waals surface area contributed by atoms with E-state index in [2.05, 4.69) is 23.0 Å². The number of pyridine rings is 1. The van der Waals surface area contributed by atoms with Crippen molar-refractivity contribution in [1.29, 1.82) is 0 Å². The molecule has 0 saturated carbocycles. The van der Waals surface area contributed by atoms with Crippen molar-refractivity contribution in [2.45, 2.75) is 39.2 Å². The Bertz CT molecular complexity index is 1490. The molecule has 3 aromatic rings. The number of hydrogen-bond donors (Lipinski definition) is 0. The van der Waals surface area contributed by atoms with E-state index in [1.165, 1.54) is 6.07 Å². The van der Waals surface area contributed by atoms with Gasteiger partial charge in [-0.05, 0) is 69.9 Å². The van der Waals surface area contributed by atoms with Crippen LogP contribution < -0.4 is 9.64 Å². The zero-order valence-corrected chi connectivity index (χ0v) is 30.6. The van der Waals surface area contributed by atoms with Gasteiger partial charge in [0.1, 0.15) is 12.4 Å². The molecule has 0 N–H and O–H groups in total. The summed E-state index contributed by atoms with van der Waals surface area (Å²) in [6.07, 6.45) is 7.85. The summed E-state index contributed by atoms with van der Waals surface area (Å²) < 4.78 is 20.0. The number of hydrogen-bond acceptors (Lipinski definition) is 6. The molecule has 4 rings (SSSR count). The van der Waals surface area contributed by atoms with Crippen LogP contribution in [-0.4, -0.2) is 54.3 Å². The summed E-state index contributed by atoms with van der Waals surface area (Å²) in [6, 6.07) is 15.9. The van der Waals surface area contributed by atoms with E-state index >= 15 is 0 Å². The maximum atomic E-state index is 14.2. The van der Waals surface area contributed by atoms with Crippen LogP contribution in [0.2, 0.25) is 5.02 Å². The third kappa shape index (κ3) is 9.55. The second-order valence-corrected chi connectivity index (χ2v) is 11.3. The van der Waals surface area contributed by atoms with Gasteiger partial charge in [-0.2, -0.15) is 6.07 Å². The number of rotatable bonds is 13. The van der Waals surface area contributed by atoms with Gasteiger partial charge in [-0.1, -0.05) is 48.5 Å². The van der Waals surface area contributed by atoms with Gasteiger partial charge in [-0.25, -0.2) is 9.37 Å². The molecule has 2 aromatic carbocycles. The standard InChI is InChI=1S/C35H39ClFN4O2.U/c1-6-16-39(5)26(3)22-41(34-19-28(23-42)11-10-25(34)2)27(4)21-40-17-14-29(15-18-40)33-8-7-9-35(38-33)43-24-30-12-13-31(36)20-32(30)37;/h6-13,16,19-20,29H,3-4,14-15,17-18,21-22,24H2,1-2,5H3;/q-1;/b16-6-;. The number of likely N-dealkylation sites (tertiary alicyclic amines) is 1. The number of aromatic nitrogens is 1. The predicted octanol–water partition coefficient (Wildman–Crippen LogP) is 7.40. The molecule has 9 heteroatoms. The average molecular weight is 840 g/mol. The van der Waals surface area contributed by atoms with Crippen LogP contribution in [0.5, 0.6) is 5.88 Å². The Hall–Kier alpha value is -2.89. The molecule has 1 fully saturated rings. The summed E-state index contributed by atoms with van der Waals surface area (Å²) in [7, 11) is 1.97. The summed E-state index contributed by atoms with van der Waals surface area (Å²) in [5.74, 6) is 0.384. The summed E-state index contributed by atoms with van der Waals surface area (Å²) >= 11 is 5.86. The normalized spacial score (nSPS) is 13.8. The molecule has 0 unspecified atom stereocenters. The van der Waals surface area contributed by atoms with Crippen molar-refractivity contribution >= 4 is 23.6 Å². The molecule has 0 aliphatic carbocycles. The molecule has 0 atom stereocenters. The molecule has 44 heavy (non-hydrogen) atoms. The number of piperidine rings is 1. The average Bonchev–Trinajstić information content (AvgIpc) is 3.00. The molecule has 1 saturated heterocycles. The predicted molar refractivity (Wildman–Crippen MR) is 173 cm³/mol. The number of ether oxygens (including phenoxy) is 1. The Morgan fingerprint density at radius 2 is 1.91 bits per heavy atom. The number of allylic oxidation sites excluding steroid dienone is 1. The van der Waals surface area contributed by atoms with Gasteiger partial charge < -0.3 is 19.3 Å². The third-order valence-electron chi connectivity index (χ3n) is 7.76. The van der Waals surface area contributed by atoms with Crippen LogP contribution in [0, 0.1) is 43.9 Å². The van der Waals surface area contributed by atoms with Gasteiger partial charge in [0.25, 0.3) is 0 Å². The number of aryl methyl sites for hydroxylation is 1. The molecule has 0 bridgehead atoms. The Kier molecular flexibility index (Phi) is 13.7. The second-order valence-electron chi connectivity index (χ2n) is 10.9. The smallest absolute Gasteiger partial charge is 0.213 e. The molecule has 0 amide bonds. The Morgan fingerprint density at radius 3 is 2.59 bits per heavy atom. The minimum absolute atomic E-state index is 0. The first-order valence-corrected chi connectivity index (χ1v) is 14.8. The molecule has 1 aliphatic rings. The minimum Gasteiger partial charge on any atom is -0.473 e. The van der Waals surface area contributed by atoms with Crippen LogP contribution in [0.4, 0.5) is 10.1 Å². The van der Waals surface area contributed by atoms with Crippen LogP contribution in [0.15, 0.2) is 91.4 Å². The summed E-state index contributed by atoms with van der Waals surface area (Å²) in [6.45, 7) is 15.8. The number of anilines is 1. The van der Waals surface area contributed by atoms with E-state index in [0.717, 1.165) is 54.3 Å². The number of halogens is 2. The molecule has 2 heterocycles. The first-order valence-electron chi connectivity index (χ1n) is 14.4. The summed E-state index contributed by atoms with van der Waals surface area (Å²) in [5, 5.41) is 0.354. The van der Waals surface area contributed by atoms with Crippen molar-refractivity contribution < 1.29 is 45.0 Å². The van der Waals surface area contributed by atoms with E-state index in [1.807, 2.05) is 68.6 Å². The van der Waals surface area contributed by atoms with Crippen LogP contribution in [-0.2, 0) is 11.4 Å². The van der Waals surface area contributed by atoms with Crippen molar-refractivity contribution in [3.63, 3.8) is 0 Å². The molecule has 1 aliphatic heterocycles. The van der Waals surface area contributed by atoms with Crippen molar-refractivity contribution in [2.24, 2.45) is 0 Å². The molecule has 0 spiro atoms. The zero-order valence-electron chi connectivity index (χ0n) is 25.7. The van der Waals surface area contributed by atoms with Crippen molar-refractivity contribution in [1.82, 2.24) is 14.8 Å². The zero-order chi connectivity index (χ0) is 30.9. The van der Waals surface area contributed by atoms with Gasteiger partial charge in [-0.15, -0.1) is 17.7 Å². The first-order chi connectivity index (χ1) is 20.7. The molecule has 1 aromatic heterocycles.